The van der Waals surface area contributed by atoms with Crippen molar-refractivity contribution in [3.05, 3.63) is 58.0 Å². The maximum atomic E-state index is 12.1. The minimum Gasteiger partial charge on any atom is -0.508 e. The fourth-order valence-corrected chi connectivity index (χ4v) is 2.24. The molecular formula is C17H20N2O3. The lowest BCUT2D eigenvalue weighted by Gasteiger charge is -2.15. The van der Waals surface area contributed by atoms with Crippen molar-refractivity contribution >= 4 is 11.6 Å². The van der Waals surface area contributed by atoms with Crippen LogP contribution in [0.5, 0.6) is 5.75 Å². The van der Waals surface area contributed by atoms with E-state index in [-0.39, 0.29) is 29.7 Å². The number of aromatic hydroxyl groups is 1. The molecule has 1 heterocycles. The largest absolute Gasteiger partial charge is 0.508 e. The lowest BCUT2D eigenvalue weighted by molar-refractivity contribution is -0.116. The fourth-order valence-electron chi connectivity index (χ4n) is 2.24. The van der Waals surface area contributed by atoms with Gasteiger partial charge >= 0.3 is 0 Å². The number of aromatic nitrogens is 1. The number of nitrogens with zero attached hydrogens (tertiary/aromatic N) is 1. The van der Waals surface area contributed by atoms with Crippen LogP contribution in [0.3, 0.4) is 0 Å². The van der Waals surface area contributed by atoms with E-state index in [1.165, 1.54) is 10.6 Å². The summed E-state index contributed by atoms with van der Waals surface area (Å²) in [4.78, 5) is 23.7. The molecule has 5 nitrogen and oxygen atoms in total. The zero-order valence-corrected chi connectivity index (χ0v) is 13.0. The molecule has 0 fully saturated rings. The number of phenols is 1. The molecule has 0 saturated carbocycles. The first kappa shape index (κ1) is 15.8. The van der Waals surface area contributed by atoms with Crippen LogP contribution >= 0.6 is 0 Å². The Labute approximate surface area is 129 Å². The summed E-state index contributed by atoms with van der Waals surface area (Å²) in [6.45, 7) is 5.71. The third kappa shape index (κ3) is 3.55. The number of hydrogen-bond acceptors (Lipinski definition) is 3. The van der Waals surface area contributed by atoms with Gasteiger partial charge in [0.25, 0.3) is 5.56 Å². The molecule has 1 aromatic heterocycles. The molecule has 0 aliphatic carbocycles. The van der Waals surface area contributed by atoms with E-state index in [4.69, 9.17) is 0 Å². The second kappa shape index (κ2) is 6.47. The third-order valence-electron chi connectivity index (χ3n) is 3.48. The van der Waals surface area contributed by atoms with Gasteiger partial charge in [-0.05, 0) is 42.2 Å². The van der Waals surface area contributed by atoms with E-state index in [0.29, 0.717) is 5.69 Å². The lowest BCUT2D eigenvalue weighted by Crippen LogP contribution is -2.26. The van der Waals surface area contributed by atoms with E-state index < -0.39 is 0 Å². The van der Waals surface area contributed by atoms with Crippen molar-refractivity contribution in [1.29, 1.82) is 0 Å². The number of carbonyl (C=O) groups is 1. The molecule has 116 valence electrons. The summed E-state index contributed by atoms with van der Waals surface area (Å²) in [5.41, 5.74) is 1.98. The molecule has 0 aliphatic rings. The first-order valence-corrected chi connectivity index (χ1v) is 7.17. The van der Waals surface area contributed by atoms with Gasteiger partial charge in [-0.25, -0.2) is 0 Å². The van der Waals surface area contributed by atoms with Gasteiger partial charge in [0, 0.05) is 18.0 Å². The normalized spacial score (nSPS) is 10.7. The minimum atomic E-state index is -0.281. The Balaban J connectivity index is 2.20. The van der Waals surface area contributed by atoms with Crippen LogP contribution in [-0.4, -0.2) is 15.6 Å². The molecule has 22 heavy (non-hydrogen) atoms. The highest BCUT2D eigenvalue weighted by Gasteiger charge is 2.12. The molecule has 0 atom stereocenters. The Hall–Kier alpha value is -2.56. The third-order valence-corrected chi connectivity index (χ3v) is 3.48. The van der Waals surface area contributed by atoms with Gasteiger partial charge in [0.1, 0.15) is 12.3 Å². The van der Waals surface area contributed by atoms with Crippen LogP contribution in [0.4, 0.5) is 5.69 Å². The Morgan fingerprint density at radius 2 is 2.05 bits per heavy atom. The predicted molar refractivity (Wildman–Crippen MR) is 86.3 cm³/mol. The van der Waals surface area contributed by atoms with E-state index in [1.807, 2.05) is 20.8 Å². The molecule has 1 amide bonds. The van der Waals surface area contributed by atoms with Crippen LogP contribution in [0, 0.1) is 6.92 Å². The molecule has 0 aliphatic heterocycles. The van der Waals surface area contributed by atoms with E-state index in [0.717, 1.165) is 11.1 Å². The number of phenolic OH excluding ortho intramolecular Hbond substituents is 1. The lowest BCUT2D eigenvalue weighted by atomic mass is 9.99. The van der Waals surface area contributed by atoms with Crippen LogP contribution < -0.4 is 10.9 Å². The minimum absolute atomic E-state index is 0.0446. The van der Waals surface area contributed by atoms with Crippen LogP contribution in [0.2, 0.25) is 0 Å². The zero-order chi connectivity index (χ0) is 16.3. The number of nitrogens with one attached hydrogen (secondary N) is 1. The van der Waals surface area contributed by atoms with Crippen molar-refractivity contribution in [1.82, 2.24) is 4.57 Å². The number of amides is 1. The Kier molecular flexibility index (Phi) is 4.65. The highest BCUT2D eigenvalue weighted by Crippen LogP contribution is 2.31. The molecule has 2 rings (SSSR count). The van der Waals surface area contributed by atoms with Crippen molar-refractivity contribution in [3.8, 4) is 5.75 Å². The summed E-state index contributed by atoms with van der Waals surface area (Å²) in [5.74, 6) is 0.0922. The van der Waals surface area contributed by atoms with Crippen LogP contribution in [0.15, 0.2) is 41.3 Å². The van der Waals surface area contributed by atoms with Gasteiger partial charge in [-0.15, -0.1) is 0 Å². The van der Waals surface area contributed by atoms with Crippen molar-refractivity contribution in [3.63, 3.8) is 0 Å². The number of aryl methyl sites for hydroxylation is 1. The number of rotatable bonds is 4. The maximum Gasteiger partial charge on any atom is 0.250 e. The number of anilines is 1. The molecular weight excluding hydrogens is 280 g/mol. The summed E-state index contributed by atoms with van der Waals surface area (Å²) in [6, 6.07) is 8.17. The predicted octanol–water partition coefficient (Wildman–Crippen LogP) is 2.62. The van der Waals surface area contributed by atoms with Crippen LogP contribution in [0.25, 0.3) is 0 Å². The van der Waals surface area contributed by atoms with Crippen LogP contribution in [-0.2, 0) is 11.3 Å². The van der Waals surface area contributed by atoms with Gasteiger partial charge in [0.2, 0.25) is 5.91 Å². The quantitative estimate of drug-likeness (QED) is 0.853. The second-order valence-corrected chi connectivity index (χ2v) is 5.60. The molecule has 5 heteroatoms. The Morgan fingerprint density at radius 3 is 2.68 bits per heavy atom. The van der Waals surface area contributed by atoms with E-state index >= 15 is 0 Å². The molecule has 2 aromatic rings. The van der Waals surface area contributed by atoms with Gasteiger partial charge < -0.3 is 15.0 Å². The fraction of sp³-hybridized carbons (Fsp3) is 0.294. The SMILES string of the molecule is Cc1cc(O)c(C(C)C)cc1NC(=O)Cn1ccccc1=O. The molecule has 0 saturated heterocycles. The molecule has 0 spiro atoms. The van der Waals surface area contributed by atoms with Crippen molar-refractivity contribution in [2.24, 2.45) is 0 Å². The maximum absolute atomic E-state index is 12.1. The molecule has 1 aromatic carbocycles. The van der Waals surface area contributed by atoms with E-state index in [9.17, 15) is 14.7 Å². The van der Waals surface area contributed by atoms with Crippen molar-refractivity contribution < 1.29 is 9.90 Å². The zero-order valence-electron chi connectivity index (χ0n) is 13.0. The Morgan fingerprint density at radius 1 is 1.32 bits per heavy atom. The summed E-state index contributed by atoms with van der Waals surface area (Å²) < 4.78 is 1.34. The number of carbonyl (C=O) groups excluding carboxylic acids is 1. The van der Waals surface area contributed by atoms with Gasteiger partial charge in [0.05, 0.1) is 0 Å². The van der Waals surface area contributed by atoms with Crippen LogP contribution in [0.1, 0.15) is 30.9 Å². The van der Waals surface area contributed by atoms with E-state index in [1.54, 1.807) is 30.5 Å². The molecule has 0 radical (unpaired) electrons. The molecule has 0 unspecified atom stereocenters. The summed E-state index contributed by atoms with van der Waals surface area (Å²) in [7, 11) is 0. The van der Waals surface area contributed by atoms with Crippen molar-refractivity contribution in [2.75, 3.05) is 5.32 Å². The summed E-state index contributed by atoms with van der Waals surface area (Å²) >= 11 is 0. The van der Waals surface area contributed by atoms with Gasteiger partial charge in [-0.3, -0.25) is 9.59 Å². The highest BCUT2D eigenvalue weighted by atomic mass is 16.3. The first-order chi connectivity index (χ1) is 10.4. The van der Waals surface area contributed by atoms with Gasteiger partial charge in [0.15, 0.2) is 0 Å². The molecule has 2 N–H and O–H groups in total. The van der Waals surface area contributed by atoms with Crippen molar-refractivity contribution in [2.45, 2.75) is 33.2 Å². The van der Waals surface area contributed by atoms with E-state index in [2.05, 4.69) is 5.32 Å². The highest BCUT2D eigenvalue weighted by molar-refractivity contribution is 5.91. The van der Waals surface area contributed by atoms with Gasteiger partial charge in [-0.2, -0.15) is 0 Å². The summed E-state index contributed by atoms with van der Waals surface area (Å²) in [6.07, 6.45) is 1.57. The standard InChI is InChI=1S/C17H20N2O3/c1-11(2)13-9-14(12(3)8-15(13)20)18-16(21)10-19-7-5-4-6-17(19)22/h4-9,11,20H,10H2,1-3H3,(H,18,21). The number of pyridine rings is 1. The Bertz CT molecular complexity index is 748. The average Bonchev–Trinajstić information content (AvgIpc) is 2.44. The molecule has 0 bridgehead atoms. The average molecular weight is 300 g/mol. The number of hydrogen-bond donors (Lipinski definition) is 2. The monoisotopic (exact) mass is 300 g/mol. The van der Waals surface area contributed by atoms with Gasteiger partial charge in [-0.1, -0.05) is 19.9 Å². The second-order valence-electron chi connectivity index (χ2n) is 5.60. The smallest absolute Gasteiger partial charge is 0.250 e. The number of benzene rings is 1. The summed E-state index contributed by atoms with van der Waals surface area (Å²) in [5, 5.41) is 12.7. The topological polar surface area (TPSA) is 71.3 Å². The first-order valence-electron chi connectivity index (χ1n) is 7.17.